The average molecular weight is 434 g/mol. The minimum Gasteiger partial charge on any atom is -0.466 e. The number of ether oxygens (including phenoxy) is 1. The lowest BCUT2D eigenvalue weighted by Gasteiger charge is -2.34. The van der Waals surface area contributed by atoms with E-state index in [0.29, 0.717) is 30.3 Å². The van der Waals surface area contributed by atoms with Crippen LogP contribution < -0.4 is 5.32 Å². The van der Waals surface area contributed by atoms with Crippen molar-refractivity contribution in [3.63, 3.8) is 0 Å². The molecular formula is C26H31N3O3. The predicted octanol–water partition coefficient (Wildman–Crippen LogP) is 5.03. The summed E-state index contributed by atoms with van der Waals surface area (Å²) in [5, 5.41) is 7.70. The number of aromatic nitrogens is 2. The van der Waals surface area contributed by atoms with Gasteiger partial charge in [-0.1, -0.05) is 49.3 Å². The van der Waals surface area contributed by atoms with Gasteiger partial charge in [0.2, 0.25) is 5.82 Å². The first-order valence-corrected chi connectivity index (χ1v) is 11.4. The summed E-state index contributed by atoms with van der Waals surface area (Å²) < 4.78 is 10.6. The predicted molar refractivity (Wildman–Crippen MR) is 124 cm³/mol. The van der Waals surface area contributed by atoms with Crippen LogP contribution in [0.15, 0.2) is 53.1 Å². The molecule has 0 amide bonds. The first-order chi connectivity index (χ1) is 15.5. The van der Waals surface area contributed by atoms with Gasteiger partial charge in [-0.2, -0.15) is 4.98 Å². The van der Waals surface area contributed by atoms with Gasteiger partial charge in [-0.25, -0.2) is 0 Å². The first-order valence-electron chi connectivity index (χ1n) is 11.4. The Hall–Kier alpha value is -2.99. The molecule has 1 saturated carbocycles. The van der Waals surface area contributed by atoms with E-state index in [9.17, 15) is 4.79 Å². The number of rotatable bonds is 9. The molecule has 0 unspecified atom stereocenters. The maximum atomic E-state index is 11.7. The Morgan fingerprint density at radius 3 is 2.62 bits per heavy atom. The number of benzene rings is 2. The quantitative estimate of drug-likeness (QED) is 0.477. The van der Waals surface area contributed by atoms with Crippen molar-refractivity contribution in [1.29, 1.82) is 0 Å². The van der Waals surface area contributed by atoms with Crippen molar-refractivity contribution in [1.82, 2.24) is 15.5 Å². The number of nitrogens with one attached hydrogen (secondary N) is 1. The molecule has 32 heavy (non-hydrogen) atoms. The molecule has 4 rings (SSSR count). The van der Waals surface area contributed by atoms with E-state index in [1.807, 2.05) is 31.2 Å². The summed E-state index contributed by atoms with van der Waals surface area (Å²) in [6.07, 6.45) is 2.73. The highest BCUT2D eigenvalue weighted by atomic mass is 16.5. The summed E-state index contributed by atoms with van der Waals surface area (Å²) in [5.74, 6) is 1.70. The molecule has 1 N–H and O–H groups in total. The van der Waals surface area contributed by atoms with Crippen LogP contribution >= 0.6 is 0 Å². The Balaban J connectivity index is 1.35. The maximum Gasteiger partial charge on any atom is 0.309 e. The number of carbonyl (C=O) groups excluding carboxylic acids is 1. The molecule has 1 aliphatic rings. The molecule has 1 fully saturated rings. The van der Waals surface area contributed by atoms with Gasteiger partial charge in [0, 0.05) is 23.7 Å². The van der Waals surface area contributed by atoms with E-state index >= 15 is 0 Å². The molecule has 168 valence electrons. The Morgan fingerprint density at radius 2 is 1.91 bits per heavy atom. The van der Waals surface area contributed by atoms with E-state index in [-0.39, 0.29) is 11.9 Å². The number of nitrogens with zero attached hydrogens (tertiary/aromatic N) is 2. The van der Waals surface area contributed by atoms with Crippen LogP contribution in [0, 0.1) is 11.8 Å². The summed E-state index contributed by atoms with van der Waals surface area (Å²) in [4.78, 5) is 16.3. The van der Waals surface area contributed by atoms with Gasteiger partial charge in [0.1, 0.15) is 0 Å². The largest absolute Gasteiger partial charge is 0.466 e. The third-order valence-electron chi connectivity index (χ3n) is 5.81. The molecule has 0 atom stereocenters. The van der Waals surface area contributed by atoms with Gasteiger partial charge in [0.15, 0.2) is 0 Å². The first kappa shape index (κ1) is 22.2. The standard InChI is InChI=1S/C26H31N3O3/c1-4-31-26(30)22-14-23(15-22)27-16-19-6-5-7-21(13-19)24-28-25(32-29-24)20-10-8-18(9-11-20)12-17(2)3/h5-11,13,17,22-23,27H,4,12,14-16H2,1-3H3/t22-,23+. The van der Waals surface area contributed by atoms with Gasteiger partial charge < -0.3 is 14.6 Å². The van der Waals surface area contributed by atoms with E-state index in [4.69, 9.17) is 9.26 Å². The Morgan fingerprint density at radius 1 is 1.12 bits per heavy atom. The molecular weight excluding hydrogens is 402 g/mol. The average Bonchev–Trinajstić information content (AvgIpc) is 3.23. The van der Waals surface area contributed by atoms with E-state index in [2.05, 4.69) is 53.6 Å². The van der Waals surface area contributed by atoms with Crippen LogP contribution in [0.25, 0.3) is 22.8 Å². The molecule has 0 spiro atoms. The third kappa shape index (κ3) is 5.43. The highest BCUT2D eigenvalue weighted by Crippen LogP contribution is 2.29. The fraction of sp³-hybridized carbons (Fsp3) is 0.423. The monoisotopic (exact) mass is 433 g/mol. The summed E-state index contributed by atoms with van der Waals surface area (Å²) in [6.45, 7) is 7.45. The summed E-state index contributed by atoms with van der Waals surface area (Å²) >= 11 is 0. The number of hydrogen-bond acceptors (Lipinski definition) is 6. The van der Waals surface area contributed by atoms with E-state index < -0.39 is 0 Å². The second-order valence-corrected chi connectivity index (χ2v) is 8.92. The minimum atomic E-state index is -0.0741. The van der Waals surface area contributed by atoms with Crippen molar-refractivity contribution in [2.24, 2.45) is 11.8 Å². The zero-order chi connectivity index (χ0) is 22.5. The van der Waals surface area contributed by atoms with E-state index in [1.165, 1.54) is 5.56 Å². The fourth-order valence-corrected chi connectivity index (χ4v) is 4.03. The molecule has 2 aromatic carbocycles. The van der Waals surface area contributed by atoms with Crippen LogP contribution in [0.2, 0.25) is 0 Å². The Labute approximate surface area is 189 Å². The molecule has 6 nitrogen and oxygen atoms in total. The summed E-state index contributed by atoms with van der Waals surface area (Å²) in [7, 11) is 0. The SMILES string of the molecule is CCOC(=O)[C@H]1C[C@@H](NCc2cccc(-c3noc(-c4ccc(CC(C)C)cc4)n3)c2)C1. The molecule has 0 radical (unpaired) electrons. The zero-order valence-corrected chi connectivity index (χ0v) is 19.0. The number of esters is 1. The number of carbonyl (C=O) groups is 1. The maximum absolute atomic E-state index is 11.7. The van der Waals surface area contributed by atoms with Gasteiger partial charge in [0.05, 0.1) is 12.5 Å². The Kier molecular flexibility index (Phi) is 7.00. The van der Waals surface area contributed by atoms with Gasteiger partial charge in [0.25, 0.3) is 5.89 Å². The van der Waals surface area contributed by atoms with Crippen LogP contribution in [-0.4, -0.2) is 28.8 Å². The lowest BCUT2D eigenvalue weighted by molar-refractivity contribution is -0.151. The number of hydrogen-bond donors (Lipinski definition) is 1. The van der Waals surface area contributed by atoms with Crippen molar-refractivity contribution in [3.8, 4) is 22.8 Å². The molecule has 0 aliphatic heterocycles. The topological polar surface area (TPSA) is 77.2 Å². The van der Waals surface area contributed by atoms with E-state index in [0.717, 1.165) is 42.5 Å². The van der Waals surface area contributed by atoms with Gasteiger partial charge in [-0.3, -0.25) is 4.79 Å². The van der Waals surface area contributed by atoms with Crippen LogP contribution in [0.1, 0.15) is 44.7 Å². The molecule has 1 heterocycles. The summed E-state index contributed by atoms with van der Waals surface area (Å²) in [6, 6.07) is 16.8. The molecule has 1 aliphatic carbocycles. The summed E-state index contributed by atoms with van der Waals surface area (Å²) in [5.41, 5.74) is 4.30. The highest BCUT2D eigenvalue weighted by molar-refractivity contribution is 5.73. The molecule has 6 heteroatoms. The van der Waals surface area contributed by atoms with Crippen LogP contribution in [0.3, 0.4) is 0 Å². The highest BCUT2D eigenvalue weighted by Gasteiger charge is 2.35. The van der Waals surface area contributed by atoms with Crippen molar-refractivity contribution >= 4 is 5.97 Å². The van der Waals surface area contributed by atoms with Gasteiger partial charge >= 0.3 is 5.97 Å². The molecule has 0 saturated heterocycles. The molecule has 0 bridgehead atoms. The van der Waals surface area contributed by atoms with Crippen LogP contribution in [0.5, 0.6) is 0 Å². The normalized spacial score (nSPS) is 17.9. The molecule has 1 aromatic heterocycles. The van der Waals surface area contributed by atoms with Crippen molar-refractivity contribution < 1.29 is 14.1 Å². The Bertz CT molecular complexity index is 1040. The smallest absolute Gasteiger partial charge is 0.309 e. The fourth-order valence-electron chi connectivity index (χ4n) is 4.03. The molecule has 3 aromatic rings. The van der Waals surface area contributed by atoms with Crippen molar-refractivity contribution in [2.45, 2.75) is 52.6 Å². The lowest BCUT2D eigenvalue weighted by Crippen LogP contribution is -2.44. The zero-order valence-electron chi connectivity index (χ0n) is 19.0. The third-order valence-corrected chi connectivity index (χ3v) is 5.81. The van der Waals surface area contributed by atoms with E-state index in [1.54, 1.807) is 0 Å². The van der Waals surface area contributed by atoms with Crippen LogP contribution in [-0.2, 0) is 22.5 Å². The van der Waals surface area contributed by atoms with Crippen molar-refractivity contribution in [2.75, 3.05) is 6.61 Å². The lowest BCUT2D eigenvalue weighted by atomic mass is 9.80. The second-order valence-electron chi connectivity index (χ2n) is 8.92. The van der Waals surface area contributed by atoms with Crippen LogP contribution in [0.4, 0.5) is 0 Å². The second kappa shape index (κ2) is 10.1. The minimum absolute atomic E-state index is 0.0379. The van der Waals surface area contributed by atoms with Crippen molar-refractivity contribution in [3.05, 3.63) is 59.7 Å². The van der Waals surface area contributed by atoms with Gasteiger partial charge in [-0.15, -0.1) is 0 Å². The van der Waals surface area contributed by atoms with Gasteiger partial charge in [-0.05, 0) is 61.4 Å².